The minimum Gasteiger partial charge on any atom is -0.495 e. The van der Waals surface area contributed by atoms with Crippen molar-refractivity contribution in [1.29, 1.82) is 0 Å². The van der Waals surface area contributed by atoms with Crippen LogP contribution in [0.4, 0.5) is 0 Å². The fourth-order valence-corrected chi connectivity index (χ4v) is 5.30. The van der Waals surface area contributed by atoms with Crippen LogP contribution in [0.25, 0.3) is 10.1 Å². The zero-order valence-electron chi connectivity index (χ0n) is 12.1. The second-order valence-corrected chi connectivity index (χ2v) is 7.42. The number of methoxy groups -OCH3 is 1. The summed E-state index contributed by atoms with van der Waals surface area (Å²) in [4.78, 5) is 4.42. The first-order chi connectivity index (χ1) is 10.8. The van der Waals surface area contributed by atoms with Crippen LogP contribution in [0.2, 0.25) is 0 Å². The molecule has 1 aromatic carbocycles. The van der Waals surface area contributed by atoms with E-state index < -0.39 is 0 Å². The molecule has 2 unspecified atom stereocenters. The topological polar surface area (TPSA) is 47.3 Å². The molecule has 0 saturated heterocycles. The summed E-state index contributed by atoms with van der Waals surface area (Å²) in [6.07, 6.45) is 4.61. The number of benzene rings is 1. The van der Waals surface area contributed by atoms with E-state index >= 15 is 0 Å². The number of nitrogens with zero attached hydrogens (tertiary/aromatic N) is 2. The summed E-state index contributed by atoms with van der Waals surface area (Å²) in [5.41, 5.74) is 1.21. The molecular weight excluding hydrogens is 316 g/mol. The average Bonchev–Trinajstić information content (AvgIpc) is 3.20. The van der Waals surface area contributed by atoms with Crippen LogP contribution in [0.1, 0.15) is 18.0 Å². The van der Waals surface area contributed by atoms with Gasteiger partial charge in [0.05, 0.1) is 17.9 Å². The van der Waals surface area contributed by atoms with Crippen LogP contribution in [0.5, 0.6) is 5.75 Å². The Morgan fingerprint density at radius 1 is 1.41 bits per heavy atom. The Morgan fingerprint density at radius 3 is 3.14 bits per heavy atom. The van der Waals surface area contributed by atoms with E-state index in [1.807, 2.05) is 12.4 Å². The third kappa shape index (κ3) is 2.14. The van der Waals surface area contributed by atoms with Gasteiger partial charge in [0.15, 0.2) is 5.16 Å². The maximum absolute atomic E-state index is 9.38. The van der Waals surface area contributed by atoms with Crippen LogP contribution < -0.4 is 4.74 Å². The number of rotatable bonds is 4. The van der Waals surface area contributed by atoms with Crippen LogP contribution in [0.3, 0.4) is 0 Å². The normalized spacial score (nSPS) is 20.5. The maximum atomic E-state index is 9.38. The standard InChI is InChI=1S/C16H16N2O2S2/c1-20-12-9-11(8-10-3-7-21-15(10)12)14-13(2-6-19)22-16-17-4-5-18(14)16/h3-5,7-9,13-14,19H,2,6H2,1H3. The Balaban J connectivity index is 1.85. The van der Waals surface area contributed by atoms with Gasteiger partial charge < -0.3 is 14.4 Å². The van der Waals surface area contributed by atoms with Crippen molar-refractivity contribution >= 4 is 33.2 Å². The van der Waals surface area contributed by atoms with Crippen molar-refractivity contribution in [2.45, 2.75) is 22.9 Å². The summed E-state index contributed by atoms with van der Waals surface area (Å²) >= 11 is 3.44. The SMILES string of the molecule is COc1cc(C2C(CCO)Sc3nccn32)cc2ccsc12. The summed E-state index contributed by atoms with van der Waals surface area (Å²) in [5.74, 6) is 0.920. The highest BCUT2D eigenvalue weighted by Crippen LogP contribution is 2.46. The summed E-state index contributed by atoms with van der Waals surface area (Å²) < 4.78 is 8.97. The van der Waals surface area contributed by atoms with Gasteiger partial charge in [0.1, 0.15) is 5.75 Å². The van der Waals surface area contributed by atoms with Gasteiger partial charge in [-0.2, -0.15) is 0 Å². The molecule has 114 valence electrons. The molecule has 0 amide bonds. The van der Waals surface area contributed by atoms with Crippen LogP contribution in [0.15, 0.2) is 41.1 Å². The first-order valence-corrected chi connectivity index (χ1v) is 8.93. The van der Waals surface area contributed by atoms with E-state index in [-0.39, 0.29) is 12.6 Å². The smallest absolute Gasteiger partial charge is 0.168 e. The number of imidazole rings is 1. The quantitative estimate of drug-likeness (QED) is 0.794. The van der Waals surface area contributed by atoms with Gasteiger partial charge in [0.25, 0.3) is 0 Å². The lowest BCUT2D eigenvalue weighted by molar-refractivity contribution is 0.280. The molecule has 1 N–H and O–H groups in total. The second kappa shape index (κ2) is 5.61. The van der Waals surface area contributed by atoms with Gasteiger partial charge >= 0.3 is 0 Å². The highest BCUT2D eigenvalue weighted by molar-refractivity contribution is 8.00. The Kier molecular flexibility index (Phi) is 3.60. The molecule has 0 saturated carbocycles. The number of thioether (sulfide) groups is 1. The molecule has 0 bridgehead atoms. The molecule has 3 heterocycles. The first kappa shape index (κ1) is 14.1. The Hall–Kier alpha value is -1.50. The third-order valence-corrected chi connectivity index (χ3v) is 6.32. The zero-order chi connectivity index (χ0) is 15.1. The van der Waals surface area contributed by atoms with Crippen molar-refractivity contribution in [3.8, 4) is 5.75 Å². The van der Waals surface area contributed by atoms with Crippen molar-refractivity contribution in [2.24, 2.45) is 0 Å². The lowest BCUT2D eigenvalue weighted by Crippen LogP contribution is -2.18. The van der Waals surface area contributed by atoms with Crippen LogP contribution in [-0.2, 0) is 0 Å². The van der Waals surface area contributed by atoms with E-state index in [9.17, 15) is 5.11 Å². The molecule has 4 nitrogen and oxygen atoms in total. The molecule has 1 aliphatic heterocycles. The molecule has 6 heteroatoms. The second-order valence-electron chi connectivity index (χ2n) is 5.29. The monoisotopic (exact) mass is 332 g/mol. The van der Waals surface area contributed by atoms with Gasteiger partial charge in [0, 0.05) is 24.3 Å². The number of fused-ring (bicyclic) bond motifs is 2. The van der Waals surface area contributed by atoms with Crippen molar-refractivity contribution in [3.63, 3.8) is 0 Å². The van der Waals surface area contributed by atoms with E-state index in [4.69, 9.17) is 4.74 Å². The molecular formula is C16H16N2O2S2. The summed E-state index contributed by atoms with van der Waals surface area (Å²) in [6, 6.07) is 6.68. The maximum Gasteiger partial charge on any atom is 0.168 e. The first-order valence-electron chi connectivity index (χ1n) is 7.17. The van der Waals surface area contributed by atoms with E-state index in [0.29, 0.717) is 5.25 Å². The lowest BCUT2D eigenvalue weighted by Gasteiger charge is -2.21. The Labute approximate surface area is 136 Å². The molecule has 2 aromatic heterocycles. The van der Waals surface area contributed by atoms with Crippen molar-refractivity contribution in [1.82, 2.24) is 9.55 Å². The van der Waals surface area contributed by atoms with Gasteiger partial charge in [-0.05, 0) is 40.9 Å². The van der Waals surface area contributed by atoms with Crippen molar-refractivity contribution < 1.29 is 9.84 Å². The van der Waals surface area contributed by atoms with Gasteiger partial charge in [-0.1, -0.05) is 11.8 Å². The molecule has 0 fully saturated rings. The van der Waals surface area contributed by atoms with E-state index in [2.05, 4.69) is 33.1 Å². The molecule has 22 heavy (non-hydrogen) atoms. The highest BCUT2D eigenvalue weighted by Gasteiger charge is 2.34. The third-order valence-electron chi connectivity index (χ3n) is 4.06. The van der Waals surface area contributed by atoms with E-state index in [0.717, 1.165) is 17.3 Å². The summed E-state index contributed by atoms with van der Waals surface area (Å²) in [7, 11) is 1.72. The average molecular weight is 332 g/mol. The van der Waals surface area contributed by atoms with Gasteiger partial charge in [0.2, 0.25) is 0 Å². The van der Waals surface area contributed by atoms with E-state index in [1.165, 1.54) is 15.6 Å². The molecule has 0 radical (unpaired) electrons. The largest absolute Gasteiger partial charge is 0.495 e. The van der Waals surface area contributed by atoms with Gasteiger partial charge in [-0.15, -0.1) is 11.3 Å². The summed E-state index contributed by atoms with van der Waals surface area (Å²) in [5, 5.41) is 14.0. The Bertz CT molecular complexity index is 811. The van der Waals surface area contributed by atoms with E-state index in [1.54, 1.807) is 30.2 Å². The number of aromatic nitrogens is 2. The minimum absolute atomic E-state index is 0.188. The minimum atomic E-state index is 0.188. The lowest BCUT2D eigenvalue weighted by atomic mass is 9.99. The highest BCUT2D eigenvalue weighted by atomic mass is 32.2. The zero-order valence-corrected chi connectivity index (χ0v) is 13.7. The fraction of sp³-hybridized carbons (Fsp3) is 0.312. The van der Waals surface area contributed by atoms with Crippen molar-refractivity contribution in [2.75, 3.05) is 13.7 Å². The predicted molar refractivity (Wildman–Crippen MR) is 90.1 cm³/mol. The molecule has 1 aliphatic rings. The predicted octanol–water partition coefficient (Wildman–Crippen LogP) is 3.55. The van der Waals surface area contributed by atoms with Crippen LogP contribution in [-0.4, -0.2) is 33.6 Å². The van der Waals surface area contributed by atoms with Gasteiger partial charge in [-0.25, -0.2) is 4.98 Å². The molecule has 2 atom stereocenters. The van der Waals surface area contributed by atoms with Crippen molar-refractivity contribution in [3.05, 3.63) is 41.5 Å². The fourth-order valence-electron chi connectivity index (χ4n) is 3.09. The molecule has 4 rings (SSSR count). The number of ether oxygens (including phenoxy) is 1. The molecule has 3 aromatic rings. The number of aliphatic hydroxyl groups is 1. The number of hydrogen-bond acceptors (Lipinski definition) is 5. The molecule has 0 spiro atoms. The number of hydrogen-bond donors (Lipinski definition) is 1. The van der Waals surface area contributed by atoms with Crippen LogP contribution in [0, 0.1) is 0 Å². The van der Waals surface area contributed by atoms with Crippen LogP contribution >= 0.6 is 23.1 Å². The van der Waals surface area contributed by atoms with Gasteiger partial charge in [-0.3, -0.25) is 0 Å². The Morgan fingerprint density at radius 2 is 2.32 bits per heavy atom. The summed E-state index contributed by atoms with van der Waals surface area (Å²) in [6.45, 7) is 0.191. The molecule has 0 aliphatic carbocycles. The number of thiophene rings is 1. The number of aliphatic hydroxyl groups excluding tert-OH is 1.